The molecule has 3 N–H and O–H groups in total. The number of hydrogen-bond acceptors (Lipinski definition) is 3. The molecule has 0 amide bonds. The molecule has 0 aliphatic heterocycles. The lowest BCUT2D eigenvalue weighted by atomic mass is 10.1. The van der Waals surface area contributed by atoms with Crippen molar-refractivity contribution < 1.29 is 4.43 Å². The number of benzene rings is 1. The molecule has 1 heterocycles. The zero-order valence-electron chi connectivity index (χ0n) is 13.5. The molecular weight excluding hydrogens is 278 g/mol. The number of anilines is 1. The van der Waals surface area contributed by atoms with Gasteiger partial charge in [-0.05, 0) is 29.3 Å². The van der Waals surface area contributed by atoms with Crippen molar-refractivity contribution in [3.8, 4) is 11.3 Å². The van der Waals surface area contributed by atoms with E-state index in [1.165, 1.54) is 5.56 Å². The van der Waals surface area contributed by atoms with Crippen LogP contribution in [0.3, 0.4) is 0 Å². The van der Waals surface area contributed by atoms with Crippen LogP contribution in [0.25, 0.3) is 11.3 Å². The number of aromatic amines is 1. The van der Waals surface area contributed by atoms with Crippen molar-refractivity contribution in [2.75, 3.05) is 5.73 Å². The Morgan fingerprint density at radius 3 is 2.29 bits per heavy atom. The molecule has 114 valence electrons. The van der Waals surface area contributed by atoms with E-state index in [1.54, 1.807) is 0 Å². The van der Waals surface area contributed by atoms with Gasteiger partial charge < -0.3 is 10.2 Å². The Labute approximate surface area is 127 Å². The van der Waals surface area contributed by atoms with Crippen molar-refractivity contribution in [3.63, 3.8) is 0 Å². The van der Waals surface area contributed by atoms with Crippen LogP contribution in [0.5, 0.6) is 0 Å². The van der Waals surface area contributed by atoms with Crippen molar-refractivity contribution in [3.05, 3.63) is 35.9 Å². The molecule has 0 saturated carbocycles. The van der Waals surface area contributed by atoms with Gasteiger partial charge in [0.05, 0.1) is 12.3 Å². The van der Waals surface area contributed by atoms with Gasteiger partial charge in [0.1, 0.15) is 5.82 Å². The molecule has 1 aromatic carbocycles. The fraction of sp³-hybridized carbons (Fsp3) is 0.438. The normalized spacial score (nSPS) is 12.6. The number of nitrogen functional groups attached to an aromatic ring is 1. The highest BCUT2D eigenvalue weighted by Gasteiger charge is 2.36. The molecule has 2 aromatic rings. The van der Waals surface area contributed by atoms with E-state index in [4.69, 9.17) is 10.2 Å². The monoisotopic (exact) mass is 303 g/mol. The minimum absolute atomic E-state index is 0.236. The third kappa shape index (κ3) is 3.74. The summed E-state index contributed by atoms with van der Waals surface area (Å²) in [5.41, 5.74) is 8.83. The van der Waals surface area contributed by atoms with Crippen LogP contribution in [-0.2, 0) is 11.0 Å². The number of H-pyrrole nitrogens is 1. The summed E-state index contributed by atoms with van der Waals surface area (Å²) in [6.45, 7) is 12.0. The maximum Gasteiger partial charge on any atom is 0.192 e. The highest BCUT2D eigenvalue weighted by molar-refractivity contribution is 6.74. The molecule has 0 aliphatic carbocycles. The van der Waals surface area contributed by atoms with E-state index >= 15 is 0 Å². The summed E-state index contributed by atoms with van der Waals surface area (Å²) in [6, 6.07) is 10.2. The highest BCUT2D eigenvalue weighted by Crippen LogP contribution is 2.37. The number of nitrogens with two attached hydrogens (primary N) is 1. The second-order valence-corrected chi connectivity index (χ2v) is 11.8. The fourth-order valence-electron chi connectivity index (χ4n) is 1.75. The summed E-state index contributed by atoms with van der Waals surface area (Å²) in [5.74, 6) is 0.510. The Hall–Kier alpha value is -1.59. The van der Waals surface area contributed by atoms with Gasteiger partial charge in [0.2, 0.25) is 0 Å². The van der Waals surface area contributed by atoms with Crippen LogP contribution in [0.15, 0.2) is 30.3 Å². The van der Waals surface area contributed by atoms with Crippen LogP contribution in [0.2, 0.25) is 18.1 Å². The van der Waals surface area contributed by atoms with Gasteiger partial charge in [-0.3, -0.25) is 5.10 Å². The summed E-state index contributed by atoms with van der Waals surface area (Å²) in [7, 11) is -1.69. The standard InChI is InChI=1S/C16H25N3OSi/c1-16(2,3)21(4,5)20-11-12-6-8-13(9-7-12)14-10-15(17)19-18-14/h6-10H,11H2,1-5H3,(H3,17,18,19). The Kier molecular flexibility index (Phi) is 4.25. The van der Waals surface area contributed by atoms with Crippen LogP contribution in [0, 0.1) is 0 Å². The SMILES string of the molecule is CC(C)(C)[Si](C)(C)OCc1ccc(-c2cc(N)n[nH]2)cc1. The zero-order valence-corrected chi connectivity index (χ0v) is 14.5. The molecule has 0 aliphatic rings. The minimum atomic E-state index is -1.69. The summed E-state index contributed by atoms with van der Waals surface area (Å²) in [5, 5.41) is 7.10. The van der Waals surface area contributed by atoms with E-state index in [2.05, 4.69) is 68.3 Å². The first kappa shape index (κ1) is 15.8. The number of nitrogens with one attached hydrogen (secondary N) is 1. The predicted molar refractivity (Wildman–Crippen MR) is 90.4 cm³/mol. The van der Waals surface area contributed by atoms with Gasteiger partial charge >= 0.3 is 0 Å². The Balaban J connectivity index is 2.03. The molecule has 0 atom stereocenters. The maximum atomic E-state index is 6.23. The molecule has 0 unspecified atom stereocenters. The van der Waals surface area contributed by atoms with E-state index in [0.29, 0.717) is 12.4 Å². The Morgan fingerprint density at radius 2 is 1.81 bits per heavy atom. The molecule has 0 spiro atoms. The molecular formula is C16H25N3OSi. The quantitative estimate of drug-likeness (QED) is 0.833. The van der Waals surface area contributed by atoms with Crippen LogP contribution in [0.4, 0.5) is 5.82 Å². The van der Waals surface area contributed by atoms with Gasteiger partial charge in [0.15, 0.2) is 8.32 Å². The first-order chi connectivity index (χ1) is 9.69. The third-order valence-electron chi connectivity index (χ3n) is 4.27. The first-order valence-electron chi connectivity index (χ1n) is 7.23. The lowest BCUT2D eigenvalue weighted by molar-refractivity contribution is 0.276. The lowest BCUT2D eigenvalue weighted by Crippen LogP contribution is -2.40. The van der Waals surface area contributed by atoms with Crippen LogP contribution >= 0.6 is 0 Å². The summed E-state index contributed by atoms with van der Waals surface area (Å²) in [6.07, 6.45) is 0. The molecule has 1 aromatic heterocycles. The molecule has 5 heteroatoms. The molecule has 0 saturated heterocycles. The number of rotatable bonds is 4. The third-order valence-corrected chi connectivity index (χ3v) is 8.75. The van der Waals surface area contributed by atoms with Crippen molar-refractivity contribution in [2.45, 2.75) is 45.5 Å². The van der Waals surface area contributed by atoms with Gasteiger partial charge in [0.25, 0.3) is 0 Å². The summed E-state index contributed by atoms with van der Waals surface area (Å²) < 4.78 is 6.23. The molecule has 0 fully saturated rings. The van der Waals surface area contributed by atoms with Gasteiger partial charge in [-0.25, -0.2) is 0 Å². The van der Waals surface area contributed by atoms with E-state index in [1.807, 2.05) is 6.07 Å². The number of nitrogens with zero attached hydrogens (tertiary/aromatic N) is 1. The van der Waals surface area contributed by atoms with E-state index in [-0.39, 0.29) is 5.04 Å². The molecule has 0 radical (unpaired) electrons. The molecule has 2 rings (SSSR count). The van der Waals surface area contributed by atoms with Gasteiger partial charge in [0, 0.05) is 6.07 Å². The summed E-state index contributed by atoms with van der Waals surface area (Å²) >= 11 is 0. The van der Waals surface area contributed by atoms with E-state index in [0.717, 1.165) is 11.3 Å². The fourth-order valence-corrected chi connectivity index (χ4v) is 2.71. The maximum absolute atomic E-state index is 6.23. The highest BCUT2D eigenvalue weighted by atomic mass is 28.4. The minimum Gasteiger partial charge on any atom is -0.413 e. The first-order valence-corrected chi connectivity index (χ1v) is 10.1. The Bertz CT molecular complexity index is 597. The molecule has 0 bridgehead atoms. The Morgan fingerprint density at radius 1 is 1.19 bits per heavy atom. The van der Waals surface area contributed by atoms with Crippen molar-refractivity contribution in [1.29, 1.82) is 0 Å². The average molecular weight is 303 g/mol. The number of aromatic nitrogens is 2. The second kappa shape index (κ2) is 5.65. The van der Waals surface area contributed by atoms with Crippen LogP contribution < -0.4 is 5.73 Å². The van der Waals surface area contributed by atoms with E-state index < -0.39 is 8.32 Å². The van der Waals surface area contributed by atoms with Gasteiger partial charge in [-0.15, -0.1) is 0 Å². The lowest BCUT2D eigenvalue weighted by Gasteiger charge is -2.36. The van der Waals surface area contributed by atoms with Crippen molar-refractivity contribution >= 4 is 14.1 Å². The van der Waals surface area contributed by atoms with Crippen LogP contribution in [-0.4, -0.2) is 18.5 Å². The smallest absolute Gasteiger partial charge is 0.192 e. The predicted octanol–water partition coefficient (Wildman–Crippen LogP) is 4.18. The van der Waals surface area contributed by atoms with Crippen LogP contribution in [0.1, 0.15) is 26.3 Å². The van der Waals surface area contributed by atoms with E-state index in [9.17, 15) is 0 Å². The van der Waals surface area contributed by atoms with Crippen molar-refractivity contribution in [1.82, 2.24) is 10.2 Å². The second-order valence-electron chi connectivity index (χ2n) is 6.95. The average Bonchev–Trinajstić information content (AvgIpc) is 2.82. The largest absolute Gasteiger partial charge is 0.413 e. The summed E-state index contributed by atoms with van der Waals surface area (Å²) in [4.78, 5) is 0. The molecule has 4 nitrogen and oxygen atoms in total. The number of hydrogen-bond donors (Lipinski definition) is 2. The zero-order chi connectivity index (χ0) is 15.7. The van der Waals surface area contributed by atoms with Gasteiger partial charge in [-0.2, -0.15) is 5.10 Å². The topological polar surface area (TPSA) is 63.9 Å². The van der Waals surface area contributed by atoms with Gasteiger partial charge in [-0.1, -0.05) is 45.0 Å². The van der Waals surface area contributed by atoms with Crippen molar-refractivity contribution in [2.24, 2.45) is 0 Å². The molecule has 21 heavy (non-hydrogen) atoms.